The molecule has 0 spiro atoms. The van der Waals surface area contributed by atoms with E-state index >= 15 is 4.39 Å². The Kier molecular flexibility index (Phi) is 6.30. The number of benzene rings is 2. The fourth-order valence-electron chi connectivity index (χ4n) is 3.67. The van der Waals surface area contributed by atoms with Crippen LogP contribution in [-0.2, 0) is 13.2 Å². The standard InChI is InChI=1S/C24H21F3N4O2/c1-3-33-22-9-18(20(27)8-17(22)14-5-4-6-16(26)7-14)24(32)31(2)13-15-11-28-21(10-25)19-12-29-30-23(15)19/h4-9,11-12H,3,10,13H2,1-2H3,(H,29,30). The van der Waals surface area contributed by atoms with Crippen molar-refractivity contribution in [1.82, 2.24) is 20.1 Å². The number of amides is 1. The number of hydrogen-bond donors (Lipinski definition) is 1. The number of alkyl halides is 1. The molecular weight excluding hydrogens is 433 g/mol. The quantitative estimate of drug-likeness (QED) is 0.425. The van der Waals surface area contributed by atoms with E-state index < -0.39 is 24.2 Å². The number of carbonyl (C=O) groups is 1. The number of aromatic amines is 1. The highest BCUT2D eigenvalue weighted by Crippen LogP contribution is 2.34. The van der Waals surface area contributed by atoms with Crippen molar-refractivity contribution in [1.29, 1.82) is 0 Å². The van der Waals surface area contributed by atoms with Crippen molar-refractivity contribution in [3.8, 4) is 16.9 Å². The summed E-state index contributed by atoms with van der Waals surface area (Å²) in [6.07, 6.45) is 2.94. The first-order valence-electron chi connectivity index (χ1n) is 10.3. The molecule has 170 valence electrons. The summed E-state index contributed by atoms with van der Waals surface area (Å²) in [4.78, 5) is 18.5. The van der Waals surface area contributed by atoms with E-state index in [1.807, 2.05) is 0 Å². The van der Waals surface area contributed by atoms with Crippen LogP contribution in [0.3, 0.4) is 0 Å². The summed E-state index contributed by atoms with van der Waals surface area (Å²) < 4.78 is 47.5. The largest absolute Gasteiger partial charge is 0.493 e. The second-order valence-electron chi connectivity index (χ2n) is 7.46. The molecule has 0 bridgehead atoms. The number of ether oxygens (including phenoxy) is 1. The van der Waals surface area contributed by atoms with Gasteiger partial charge in [-0.3, -0.25) is 14.9 Å². The maximum Gasteiger partial charge on any atom is 0.257 e. The molecule has 33 heavy (non-hydrogen) atoms. The molecular formula is C24H21F3N4O2. The Morgan fingerprint density at radius 3 is 2.73 bits per heavy atom. The van der Waals surface area contributed by atoms with E-state index in [0.29, 0.717) is 27.6 Å². The van der Waals surface area contributed by atoms with E-state index in [1.165, 1.54) is 54.7 Å². The summed E-state index contributed by atoms with van der Waals surface area (Å²) in [5, 5.41) is 7.26. The van der Waals surface area contributed by atoms with Gasteiger partial charge in [-0.15, -0.1) is 0 Å². The van der Waals surface area contributed by atoms with Gasteiger partial charge < -0.3 is 9.64 Å². The molecule has 0 saturated heterocycles. The van der Waals surface area contributed by atoms with Gasteiger partial charge in [-0.2, -0.15) is 5.10 Å². The Hall–Kier alpha value is -3.88. The van der Waals surface area contributed by atoms with Gasteiger partial charge in [0.1, 0.15) is 24.1 Å². The lowest BCUT2D eigenvalue weighted by Crippen LogP contribution is -2.27. The predicted octanol–water partition coefficient (Wildman–Crippen LogP) is 5.04. The summed E-state index contributed by atoms with van der Waals surface area (Å²) in [5.74, 6) is -1.53. The minimum absolute atomic E-state index is 0.0894. The average molecular weight is 454 g/mol. The van der Waals surface area contributed by atoms with Crippen LogP contribution in [0.5, 0.6) is 5.75 Å². The number of H-pyrrole nitrogens is 1. The normalized spacial score (nSPS) is 11.1. The SMILES string of the molecule is CCOc1cc(C(=O)N(C)Cc2cnc(CF)c3cn[nH]c23)c(F)cc1-c1cccc(F)c1. The Labute approximate surface area is 188 Å². The van der Waals surface area contributed by atoms with E-state index in [1.54, 1.807) is 13.0 Å². The predicted molar refractivity (Wildman–Crippen MR) is 117 cm³/mol. The maximum atomic E-state index is 15.0. The van der Waals surface area contributed by atoms with Crippen molar-refractivity contribution in [3.63, 3.8) is 0 Å². The number of nitrogens with zero attached hydrogens (tertiary/aromatic N) is 3. The van der Waals surface area contributed by atoms with Crippen molar-refractivity contribution in [3.05, 3.63) is 77.2 Å². The number of halogens is 3. The molecule has 0 saturated carbocycles. The lowest BCUT2D eigenvalue weighted by Gasteiger charge is -2.20. The fourth-order valence-corrected chi connectivity index (χ4v) is 3.67. The molecule has 0 aliphatic rings. The van der Waals surface area contributed by atoms with Crippen LogP contribution < -0.4 is 4.74 Å². The Bertz CT molecular complexity index is 1320. The van der Waals surface area contributed by atoms with Gasteiger partial charge in [0.05, 0.1) is 29.6 Å². The molecule has 0 aliphatic carbocycles. The first kappa shape index (κ1) is 22.3. The monoisotopic (exact) mass is 454 g/mol. The summed E-state index contributed by atoms with van der Waals surface area (Å²) in [6.45, 7) is 1.39. The van der Waals surface area contributed by atoms with Crippen LogP contribution in [0.1, 0.15) is 28.5 Å². The van der Waals surface area contributed by atoms with E-state index in [-0.39, 0.29) is 30.2 Å². The zero-order valence-corrected chi connectivity index (χ0v) is 18.0. The van der Waals surface area contributed by atoms with Crippen molar-refractivity contribution < 1.29 is 22.7 Å². The van der Waals surface area contributed by atoms with Gasteiger partial charge in [-0.05, 0) is 36.8 Å². The third kappa shape index (κ3) is 4.39. The molecule has 2 aromatic heterocycles. The average Bonchev–Trinajstić information content (AvgIpc) is 3.30. The Morgan fingerprint density at radius 2 is 2.00 bits per heavy atom. The summed E-state index contributed by atoms with van der Waals surface area (Å²) in [5.41, 5.74) is 2.02. The molecule has 0 fully saturated rings. The minimum atomic E-state index is -0.757. The van der Waals surface area contributed by atoms with Crippen molar-refractivity contribution in [2.24, 2.45) is 0 Å². The highest BCUT2D eigenvalue weighted by molar-refractivity contribution is 5.96. The molecule has 1 N–H and O–H groups in total. The summed E-state index contributed by atoms with van der Waals surface area (Å²) in [7, 11) is 1.52. The first-order valence-corrected chi connectivity index (χ1v) is 10.3. The third-order valence-electron chi connectivity index (χ3n) is 5.26. The van der Waals surface area contributed by atoms with Crippen LogP contribution in [0.25, 0.3) is 22.0 Å². The van der Waals surface area contributed by atoms with Crippen LogP contribution in [-0.4, -0.2) is 39.6 Å². The number of carbonyl (C=O) groups excluding carboxylic acids is 1. The number of hydrogen-bond acceptors (Lipinski definition) is 4. The van der Waals surface area contributed by atoms with Crippen molar-refractivity contribution in [2.75, 3.05) is 13.7 Å². The molecule has 2 aromatic carbocycles. The molecule has 4 rings (SSSR count). The van der Waals surface area contributed by atoms with E-state index in [2.05, 4.69) is 15.2 Å². The van der Waals surface area contributed by atoms with E-state index in [9.17, 15) is 13.6 Å². The number of rotatable bonds is 7. The zero-order chi connectivity index (χ0) is 23.5. The molecule has 4 aromatic rings. The highest BCUT2D eigenvalue weighted by Gasteiger charge is 2.22. The van der Waals surface area contributed by atoms with Crippen LogP contribution >= 0.6 is 0 Å². The molecule has 0 aliphatic heterocycles. The molecule has 1 amide bonds. The number of fused-ring (bicyclic) bond motifs is 1. The summed E-state index contributed by atoms with van der Waals surface area (Å²) >= 11 is 0. The van der Waals surface area contributed by atoms with Gasteiger partial charge in [0.2, 0.25) is 0 Å². The highest BCUT2D eigenvalue weighted by atomic mass is 19.1. The van der Waals surface area contributed by atoms with Gasteiger partial charge in [0.15, 0.2) is 0 Å². The maximum absolute atomic E-state index is 15.0. The number of nitrogens with one attached hydrogen (secondary N) is 1. The van der Waals surface area contributed by atoms with Gasteiger partial charge in [0, 0.05) is 36.3 Å². The molecule has 0 unspecified atom stereocenters. The lowest BCUT2D eigenvalue weighted by atomic mass is 10.0. The van der Waals surface area contributed by atoms with Gasteiger partial charge in [0.25, 0.3) is 5.91 Å². The third-order valence-corrected chi connectivity index (χ3v) is 5.26. The molecule has 9 heteroatoms. The van der Waals surface area contributed by atoms with Crippen molar-refractivity contribution >= 4 is 16.8 Å². The topological polar surface area (TPSA) is 71.1 Å². The summed E-state index contributed by atoms with van der Waals surface area (Å²) in [6, 6.07) is 8.22. The van der Waals surface area contributed by atoms with Gasteiger partial charge >= 0.3 is 0 Å². The Balaban J connectivity index is 1.66. The molecule has 0 radical (unpaired) electrons. The molecule has 0 atom stereocenters. The Morgan fingerprint density at radius 1 is 1.18 bits per heavy atom. The smallest absolute Gasteiger partial charge is 0.257 e. The van der Waals surface area contributed by atoms with Crippen LogP contribution in [0, 0.1) is 11.6 Å². The van der Waals surface area contributed by atoms with E-state index in [0.717, 1.165) is 0 Å². The van der Waals surface area contributed by atoms with Crippen LogP contribution in [0.4, 0.5) is 13.2 Å². The minimum Gasteiger partial charge on any atom is -0.493 e. The lowest BCUT2D eigenvalue weighted by molar-refractivity contribution is 0.0780. The molecule has 2 heterocycles. The van der Waals surface area contributed by atoms with Crippen molar-refractivity contribution in [2.45, 2.75) is 20.1 Å². The van der Waals surface area contributed by atoms with Gasteiger partial charge in [-0.1, -0.05) is 12.1 Å². The van der Waals surface area contributed by atoms with Crippen LogP contribution in [0.2, 0.25) is 0 Å². The van der Waals surface area contributed by atoms with Crippen LogP contribution in [0.15, 0.2) is 48.8 Å². The molecule has 6 nitrogen and oxygen atoms in total. The number of aromatic nitrogens is 3. The van der Waals surface area contributed by atoms with Gasteiger partial charge in [-0.25, -0.2) is 13.2 Å². The first-order chi connectivity index (χ1) is 15.9. The zero-order valence-electron chi connectivity index (χ0n) is 18.0. The second-order valence-corrected chi connectivity index (χ2v) is 7.46. The van der Waals surface area contributed by atoms with E-state index in [4.69, 9.17) is 4.74 Å². The fraction of sp³-hybridized carbons (Fsp3) is 0.208. The second kappa shape index (κ2) is 9.32. The number of pyridine rings is 1.